The van der Waals surface area contributed by atoms with E-state index < -0.39 is 0 Å². The third kappa shape index (κ3) is 3.30. The third-order valence-electron chi connectivity index (χ3n) is 3.41. The zero-order chi connectivity index (χ0) is 17.4. The van der Waals surface area contributed by atoms with E-state index in [1.807, 2.05) is 22.9 Å². The Kier molecular flexibility index (Phi) is 4.51. The minimum atomic E-state index is -0.353. The molecule has 124 valence electrons. The fraction of sp³-hybridized carbons (Fsp3) is 0. The van der Waals surface area contributed by atoms with E-state index in [4.69, 9.17) is 12.2 Å². The lowest BCUT2D eigenvalue weighted by Crippen LogP contribution is -2.27. The smallest absolute Gasteiger partial charge is 0.268 e. The largest absolute Gasteiger partial charge is 0.270 e. The first-order chi connectivity index (χ1) is 12.1. The molecular weight excluding hydrogens is 395 g/mol. The van der Waals surface area contributed by atoms with E-state index in [0.29, 0.717) is 14.9 Å². The minimum Gasteiger partial charge on any atom is -0.268 e. The highest BCUT2D eigenvalue weighted by atomic mass is 32.2. The van der Waals surface area contributed by atoms with Crippen LogP contribution in [0.3, 0.4) is 0 Å². The van der Waals surface area contributed by atoms with Crippen LogP contribution in [0.5, 0.6) is 0 Å². The summed E-state index contributed by atoms with van der Waals surface area (Å²) in [6.07, 6.45) is 1.75. The average molecular weight is 405 g/mol. The van der Waals surface area contributed by atoms with Gasteiger partial charge in [-0.1, -0.05) is 30.0 Å². The molecule has 2 aromatic heterocycles. The van der Waals surface area contributed by atoms with Crippen molar-refractivity contribution in [2.24, 2.45) is 0 Å². The number of thiazole rings is 1. The van der Waals surface area contributed by atoms with Crippen LogP contribution in [0, 0.1) is 5.82 Å². The molecule has 0 spiro atoms. The first kappa shape index (κ1) is 16.6. The van der Waals surface area contributed by atoms with Gasteiger partial charge in [0, 0.05) is 5.38 Å². The lowest BCUT2D eigenvalue weighted by Gasteiger charge is -2.14. The van der Waals surface area contributed by atoms with E-state index in [-0.39, 0.29) is 11.7 Å². The van der Waals surface area contributed by atoms with Crippen LogP contribution in [-0.2, 0) is 4.79 Å². The van der Waals surface area contributed by atoms with Crippen molar-refractivity contribution in [1.82, 2.24) is 4.98 Å². The van der Waals surface area contributed by atoms with Gasteiger partial charge in [-0.05, 0) is 41.8 Å². The van der Waals surface area contributed by atoms with Crippen LogP contribution in [0.1, 0.15) is 5.69 Å². The molecule has 0 unspecified atom stereocenters. The summed E-state index contributed by atoms with van der Waals surface area (Å²) in [5, 5.41) is 4.85. The topological polar surface area (TPSA) is 33.2 Å². The van der Waals surface area contributed by atoms with Gasteiger partial charge in [-0.2, -0.15) is 0 Å². The molecule has 0 radical (unpaired) electrons. The van der Waals surface area contributed by atoms with Crippen molar-refractivity contribution in [2.75, 3.05) is 4.90 Å². The molecule has 3 aromatic rings. The van der Waals surface area contributed by atoms with Crippen LogP contribution < -0.4 is 4.90 Å². The molecule has 0 bridgehead atoms. The number of halogens is 1. The van der Waals surface area contributed by atoms with Gasteiger partial charge in [0.15, 0.2) is 4.32 Å². The molecule has 1 saturated heterocycles. The van der Waals surface area contributed by atoms with E-state index >= 15 is 0 Å². The molecule has 25 heavy (non-hydrogen) atoms. The number of carbonyl (C=O) groups is 1. The van der Waals surface area contributed by atoms with Crippen LogP contribution in [0.25, 0.3) is 16.0 Å². The highest BCUT2D eigenvalue weighted by molar-refractivity contribution is 8.27. The van der Waals surface area contributed by atoms with Crippen LogP contribution in [0.2, 0.25) is 0 Å². The van der Waals surface area contributed by atoms with Gasteiger partial charge in [-0.25, -0.2) is 9.37 Å². The number of hydrogen-bond donors (Lipinski definition) is 0. The molecule has 3 heterocycles. The fourth-order valence-electron chi connectivity index (χ4n) is 2.28. The van der Waals surface area contributed by atoms with E-state index in [1.165, 1.54) is 40.1 Å². The monoisotopic (exact) mass is 404 g/mol. The van der Waals surface area contributed by atoms with Crippen LogP contribution in [0.15, 0.2) is 52.1 Å². The Morgan fingerprint density at radius 1 is 1.16 bits per heavy atom. The number of thiophene rings is 1. The molecule has 3 nitrogen and oxygen atoms in total. The summed E-state index contributed by atoms with van der Waals surface area (Å²) < 4.78 is 13.5. The second-order valence-electron chi connectivity index (χ2n) is 5.05. The van der Waals surface area contributed by atoms with Gasteiger partial charge < -0.3 is 0 Å². The molecule has 1 aliphatic heterocycles. The van der Waals surface area contributed by atoms with Crippen molar-refractivity contribution >= 4 is 68.6 Å². The van der Waals surface area contributed by atoms with Gasteiger partial charge in [0.2, 0.25) is 0 Å². The Hall–Kier alpha value is -1.87. The quantitative estimate of drug-likeness (QED) is 0.431. The summed E-state index contributed by atoms with van der Waals surface area (Å²) in [6.45, 7) is 0. The minimum absolute atomic E-state index is 0.215. The zero-order valence-electron chi connectivity index (χ0n) is 12.5. The van der Waals surface area contributed by atoms with Gasteiger partial charge in [-0.3, -0.25) is 9.69 Å². The second-order valence-corrected chi connectivity index (χ2v) is 8.53. The standard InChI is InChI=1S/C17H9FN2OS4/c18-10-3-5-12(6-4-10)20-16(21)14(25-17(20)22)8-11-9-24-15(19-11)13-2-1-7-23-13/h1-9H/b14-8-. The second kappa shape index (κ2) is 6.80. The lowest BCUT2D eigenvalue weighted by atomic mass is 10.3. The average Bonchev–Trinajstić information content (AvgIpc) is 3.31. The van der Waals surface area contributed by atoms with Crippen molar-refractivity contribution in [3.8, 4) is 9.88 Å². The highest BCUT2D eigenvalue weighted by Crippen LogP contribution is 2.36. The molecule has 0 saturated carbocycles. The number of thiocarbonyl (C=S) groups is 1. The first-order valence-electron chi connectivity index (χ1n) is 7.15. The highest BCUT2D eigenvalue weighted by Gasteiger charge is 2.33. The molecule has 0 N–H and O–H groups in total. The Bertz CT molecular complexity index is 977. The zero-order valence-corrected chi connectivity index (χ0v) is 15.8. The van der Waals surface area contributed by atoms with Crippen molar-refractivity contribution in [3.05, 3.63) is 63.6 Å². The van der Waals surface area contributed by atoms with Crippen molar-refractivity contribution in [1.29, 1.82) is 0 Å². The van der Waals surface area contributed by atoms with Crippen LogP contribution in [-0.4, -0.2) is 15.2 Å². The van der Waals surface area contributed by atoms with Gasteiger partial charge in [0.25, 0.3) is 5.91 Å². The number of anilines is 1. The Morgan fingerprint density at radius 2 is 1.96 bits per heavy atom. The summed E-state index contributed by atoms with van der Waals surface area (Å²) >= 11 is 9.70. The maximum Gasteiger partial charge on any atom is 0.270 e. The molecular formula is C17H9FN2OS4. The van der Waals surface area contributed by atoms with E-state index in [0.717, 1.165) is 15.6 Å². The fourth-order valence-corrected chi connectivity index (χ4v) is 5.16. The molecule has 1 amide bonds. The summed E-state index contributed by atoms with van der Waals surface area (Å²) in [4.78, 5) is 20.3. The summed E-state index contributed by atoms with van der Waals surface area (Å²) in [5.41, 5.74) is 1.29. The molecule has 0 aliphatic carbocycles. The Labute approximate surface area is 160 Å². The van der Waals surface area contributed by atoms with Crippen molar-refractivity contribution in [2.45, 2.75) is 0 Å². The first-order valence-corrected chi connectivity index (χ1v) is 10.1. The van der Waals surface area contributed by atoms with Gasteiger partial charge in [0.1, 0.15) is 10.8 Å². The molecule has 1 fully saturated rings. The predicted molar refractivity (Wildman–Crippen MR) is 107 cm³/mol. The Balaban J connectivity index is 1.61. The van der Waals surface area contributed by atoms with Gasteiger partial charge in [0.05, 0.1) is 21.2 Å². The number of carbonyl (C=O) groups excluding carboxylic acids is 1. The molecule has 4 rings (SSSR count). The maximum absolute atomic E-state index is 13.1. The summed E-state index contributed by atoms with van der Waals surface area (Å²) in [5.74, 6) is -0.569. The maximum atomic E-state index is 13.1. The number of hydrogen-bond acceptors (Lipinski definition) is 6. The molecule has 8 heteroatoms. The lowest BCUT2D eigenvalue weighted by molar-refractivity contribution is -0.113. The number of benzene rings is 1. The van der Waals surface area contributed by atoms with Crippen LogP contribution >= 0.6 is 46.7 Å². The number of nitrogens with zero attached hydrogens (tertiary/aromatic N) is 2. The number of amides is 1. The van der Waals surface area contributed by atoms with Crippen LogP contribution in [0.4, 0.5) is 10.1 Å². The summed E-state index contributed by atoms with van der Waals surface area (Å²) in [6, 6.07) is 9.70. The molecule has 0 atom stereocenters. The normalized spacial score (nSPS) is 16.2. The van der Waals surface area contributed by atoms with E-state index in [2.05, 4.69) is 4.98 Å². The third-order valence-corrected chi connectivity index (χ3v) is 6.61. The number of rotatable bonds is 3. The number of thioether (sulfide) groups is 1. The van der Waals surface area contributed by atoms with Crippen molar-refractivity contribution < 1.29 is 9.18 Å². The Morgan fingerprint density at radius 3 is 2.68 bits per heavy atom. The number of aromatic nitrogens is 1. The van der Waals surface area contributed by atoms with Gasteiger partial charge >= 0.3 is 0 Å². The van der Waals surface area contributed by atoms with E-state index in [9.17, 15) is 9.18 Å². The molecule has 1 aliphatic rings. The van der Waals surface area contributed by atoms with Gasteiger partial charge in [-0.15, -0.1) is 22.7 Å². The summed E-state index contributed by atoms with van der Waals surface area (Å²) in [7, 11) is 0. The van der Waals surface area contributed by atoms with E-state index in [1.54, 1.807) is 29.5 Å². The molecule has 1 aromatic carbocycles. The predicted octanol–water partition coefficient (Wildman–Crippen LogP) is 5.42. The van der Waals surface area contributed by atoms with Crippen molar-refractivity contribution in [3.63, 3.8) is 0 Å². The SMILES string of the molecule is O=C1/C(=C/c2csc(-c3cccs3)n2)SC(=S)N1c1ccc(F)cc1.